The van der Waals surface area contributed by atoms with E-state index in [1.54, 1.807) is 12.1 Å². The molecule has 2 aromatic rings. The second-order valence-corrected chi connectivity index (χ2v) is 9.27. The van der Waals surface area contributed by atoms with Gasteiger partial charge in [-0.05, 0) is 31.5 Å². The van der Waals surface area contributed by atoms with Crippen LogP contribution in [0.4, 0.5) is 5.69 Å². The number of rotatable bonds is 7. The highest BCUT2D eigenvalue weighted by molar-refractivity contribution is 9.10. The van der Waals surface area contributed by atoms with Crippen molar-refractivity contribution in [3.8, 4) is 11.5 Å². The van der Waals surface area contributed by atoms with Gasteiger partial charge in [0, 0.05) is 16.1 Å². The molecular formula is C22H23BrClN3O3S. The Morgan fingerprint density at radius 2 is 1.84 bits per heavy atom. The minimum Gasteiger partial charge on any atom is -0.495 e. The molecular weight excluding hydrogens is 502 g/mol. The second kappa shape index (κ2) is 10.1. The molecule has 1 heterocycles. The molecule has 1 N–H and O–H groups in total. The van der Waals surface area contributed by atoms with Gasteiger partial charge < -0.3 is 14.8 Å². The zero-order chi connectivity index (χ0) is 22.6. The number of hydrogen-bond donors (Lipinski definition) is 1. The fourth-order valence-corrected chi connectivity index (χ4v) is 4.32. The Balaban J connectivity index is 1.74. The summed E-state index contributed by atoms with van der Waals surface area (Å²) in [5.41, 5.74) is 1.73. The van der Waals surface area contributed by atoms with E-state index in [1.165, 1.54) is 26.0 Å². The average Bonchev–Trinajstić information content (AvgIpc) is 3.10. The van der Waals surface area contributed by atoms with Crippen LogP contribution in [0.25, 0.3) is 0 Å². The third-order valence-electron chi connectivity index (χ3n) is 4.77. The summed E-state index contributed by atoms with van der Waals surface area (Å²) in [4.78, 5) is 22.3. The summed E-state index contributed by atoms with van der Waals surface area (Å²) >= 11 is 11.0. The Kier molecular flexibility index (Phi) is 7.67. The van der Waals surface area contributed by atoms with E-state index >= 15 is 0 Å². The van der Waals surface area contributed by atoms with Gasteiger partial charge in [-0.1, -0.05) is 58.3 Å². The smallest absolute Gasteiger partial charge is 0.234 e. The van der Waals surface area contributed by atoms with Crippen LogP contribution < -0.4 is 14.8 Å². The zero-order valence-corrected chi connectivity index (χ0v) is 20.8. The molecule has 1 aliphatic rings. The van der Waals surface area contributed by atoms with Crippen molar-refractivity contribution >= 4 is 61.6 Å². The van der Waals surface area contributed by atoms with Gasteiger partial charge in [-0.3, -0.25) is 9.79 Å². The number of carbonyl (C=O) groups excluding carboxylic acids is 1. The summed E-state index contributed by atoms with van der Waals surface area (Å²) in [6.45, 7) is 4.04. The van der Waals surface area contributed by atoms with Gasteiger partial charge in [-0.25, -0.2) is 4.99 Å². The van der Waals surface area contributed by atoms with Crippen molar-refractivity contribution in [2.24, 2.45) is 9.98 Å². The molecule has 0 saturated carbocycles. The van der Waals surface area contributed by atoms with Gasteiger partial charge in [-0.2, -0.15) is 0 Å². The number of ether oxygens (including phenoxy) is 2. The lowest BCUT2D eigenvalue weighted by Gasteiger charge is -2.13. The number of hydrogen-bond acceptors (Lipinski definition) is 6. The molecule has 0 radical (unpaired) electrons. The molecule has 164 valence electrons. The number of amides is 1. The Morgan fingerprint density at radius 1 is 1.16 bits per heavy atom. The van der Waals surface area contributed by atoms with E-state index in [9.17, 15) is 4.79 Å². The third-order valence-corrected chi connectivity index (χ3v) is 6.56. The average molecular weight is 525 g/mol. The topological polar surface area (TPSA) is 72.3 Å². The molecule has 0 aromatic heterocycles. The van der Waals surface area contributed by atoms with Gasteiger partial charge in [0.1, 0.15) is 22.2 Å². The van der Waals surface area contributed by atoms with Crippen LogP contribution in [-0.4, -0.2) is 42.3 Å². The normalized spacial score (nSPS) is 17.7. The van der Waals surface area contributed by atoms with E-state index in [0.29, 0.717) is 22.2 Å². The number of aliphatic imine (C=N–C) groups is 2. The van der Waals surface area contributed by atoms with Crippen molar-refractivity contribution in [3.63, 3.8) is 0 Å². The minimum absolute atomic E-state index is 0.168. The number of anilines is 1. The van der Waals surface area contributed by atoms with E-state index in [4.69, 9.17) is 31.1 Å². The highest BCUT2D eigenvalue weighted by Gasteiger charge is 2.31. The third kappa shape index (κ3) is 5.61. The molecule has 0 spiro atoms. The maximum atomic E-state index is 12.7. The van der Waals surface area contributed by atoms with Crippen LogP contribution in [0.2, 0.25) is 5.02 Å². The van der Waals surface area contributed by atoms with E-state index in [-0.39, 0.29) is 11.7 Å². The van der Waals surface area contributed by atoms with E-state index in [0.717, 1.165) is 27.2 Å². The summed E-state index contributed by atoms with van der Waals surface area (Å²) in [5.74, 6) is 0.905. The van der Waals surface area contributed by atoms with Gasteiger partial charge in [-0.15, -0.1) is 0 Å². The number of methoxy groups -OCH3 is 2. The summed E-state index contributed by atoms with van der Waals surface area (Å²) in [6.07, 6.45) is 0.769. The summed E-state index contributed by atoms with van der Waals surface area (Å²) < 4.78 is 11.5. The summed E-state index contributed by atoms with van der Waals surface area (Å²) in [6, 6.07) is 11.2. The molecule has 3 rings (SSSR count). The first-order valence-electron chi connectivity index (χ1n) is 9.58. The van der Waals surface area contributed by atoms with Crippen molar-refractivity contribution in [1.29, 1.82) is 0 Å². The standard InChI is InChI=1S/C22H23BrClN3O3S/c1-5-22(2)26-20(13-6-8-14(23)9-7-13)21(27-22)31-12-19(28)25-16-10-15(24)17(29-3)11-18(16)30-4/h6-11H,5,12H2,1-4H3,(H,25,28)/t22-/m0/s1. The Labute approximate surface area is 199 Å². The SMILES string of the molecule is CC[C@]1(C)N=C(SCC(=O)Nc2cc(Cl)c(OC)cc2OC)C(c2ccc(Br)cc2)=N1. The first kappa shape index (κ1) is 23.6. The van der Waals surface area contributed by atoms with Crippen molar-refractivity contribution in [2.75, 3.05) is 25.3 Å². The maximum Gasteiger partial charge on any atom is 0.234 e. The Hall–Kier alpha value is -2.03. The summed E-state index contributed by atoms with van der Waals surface area (Å²) in [5, 5.41) is 3.98. The largest absolute Gasteiger partial charge is 0.495 e. The molecule has 9 heteroatoms. The fraction of sp³-hybridized carbons (Fsp3) is 0.318. The highest BCUT2D eigenvalue weighted by Crippen LogP contribution is 2.36. The van der Waals surface area contributed by atoms with Crippen LogP contribution in [0.15, 0.2) is 50.9 Å². The van der Waals surface area contributed by atoms with Gasteiger partial charge >= 0.3 is 0 Å². The fourth-order valence-electron chi connectivity index (χ4n) is 2.92. The van der Waals surface area contributed by atoms with Crippen LogP contribution >= 0.6 is 39.3 Å². The first-order valence-corrected chi connectivity index (χ1v) is 11.7. The zero-order valence-electron chi connectivity index (χ0n) is 17.7. The number of benzene rings is 2. The number of carbonyl (C=O) groups is 1. The lowest BCUT2D eigenvalue weighted by atomic mass is 10.1. The molecule has 0 saturated heterocycles. The Morgan fingerprint density at radius 3 is 2.45 bits per heavy atom. The number of nitrogens with one attached hydrogen (secondary N) is 1. The molecule has 1 atom stereocenters. The van der Waals surface area contributed by atoms with Gasteiger partial charge in [0.2, 0.25) is 5.91 Å². The predicted octanol–water partition coefficient (Wildman–Crippen LogP) is 5.82. The van der Waals surface area contributed by atoms with Crippen LogP contribution in [0.5, 0.6) is 11.5 Å². The predicted molar refractivity (Wildman–Crippen MR) is 132 cm³/mol. The molecule has 6 nitrogen and oxygen atoms in total. The van der Waals surface area contributed by atoms with Crippen molar-refractivity contribution in [1.82, 2.24) is 0 Å². The van der Waals surface area contributed by atoms with Gasteiger partial charge in [0.25, 0.3) is 0 Å². The lowest BCUT2D eigenvalue weighted by Crippen LogP contribution is -2.18. The monoisotopic (exact) mass is 523 g/mol. The molecule has 2 aromatic carbocycles. The maximum absolute atomic E-state index is 12.7. The molecule has 1 amide bonds. The molecule has 0 unspecified atom stereocenters. The van der Waals surface area contributed by atoms with Crippen molar-refractivity contribution < 1.29 is 14.3 Å². The summed E-state index contributed by atoms with van der Waals surface area (Å²) in [7, 11) is 3.04. The molecule has 1 aliphatic heterocycles. The molecule has 0 fully saturated rings. The number of thioether (sulfide) groups is 1. The van der Waals surface area contributed by atoms with Gasteiger partial charge in [0.05, 0.1) is 36.4 Å². The lowest BCUT2D eigenvalue weighted by molar-refractivity contribution is -0.113. The van der Waals surface area contributed by atoms with Crippen LogP contribution in [0.1, 0.15) is 25.8 Å². The van der Waals surface area contributed by atoms with E-state index in [2.05, 4.69) is 21.2 Å². The van der Waals surface area contributed by atoms with Crippen molar-refractivity contribution in [2.45, 2.75) is 25.9 Å². The van der Waals surface area contributed by atoms with E-state index < -0.39 is 5.66 Å². The van der Waals surface area contributed by atoms with Crippen molar-refractivity contribution in [3.05, 3.63) is 51.5 Å². The molecule has 31 heavy (non-hydrogen) atoms. The van der Waals surface area contributed by atoms with Crippen LogP contribution in [0, 0.1) is 0 Å². The minimum atomic E-state index is -0.520. The van der Waals surface area contributed by atoms with Gasteiger partial charge in [0.15, 0.2) is 0 Å². The second-order valence-electron chi connectivity index (χ2n) is 6.98. The molecule has 0 bridgehead atoms. The quantitative estimate of drug-likeness (QED) is 0.495. The highest BCUT2D eigenvalue weighted by atomic mass is 79.9. The number of halogens is 2. The first-order chi connectivity index (χ1) is 14.8. The molecule has 0 aliphatic carbocycles. The van der Waals surface area contributed by atoms with Crippen LogP contribution in [0.3, 0.4) is 0 Å². The van der Waals surface area contributed by atoms with E-state index in [1.807, 2.05) is 38.1 Å². The van der Waals surface area contributed by atoms with Crippen LogP contribution in [-0.2, 0) is 4.79 Å². The number of nitrogens with zero attached hydrogens (tertiary/aromatic N) is 2. The Bertz CT molecular complexity index is 1040.